The van der Waals surface area contributed by atoms with E-state index in [0.717, 1.165) is 30.8 Å². The molecule has 1 aliphatic rings. The lowest BCUT2D eigenvalue weighted by atomic mass is 10.00. The van der Waals surface area contributed by atoms with Crippen molar-refractivity contribution < 1.29 is 14.3 Å². The van der Waals surface area contributed by atoms with Gasteiger partial charge in [0.25, 0.3) is 0 Å². The van der Waals surface area contributed by atoms with Crippen LogP contribution in [0.3, 0.4) is 0 Å². The quantitative estimate of drug-likeness (QED) is 0.789. The molecular formula is C20H24N2O3S. The minimum atomic E-state index is -0.384. The molecule has 0 bridgehead atoms. The largest absolute Gasteiger partial charge is 0.462 e. The molecule has 26 heavy (non-hydrogen) atoms. The topological polar surface area (TPSA) is 58.6 Å². The van der Waals surface area contributed by atoms with Gasteiger partial charge < -0.3 is 10.1 Å². The fourth-order valence-corrected chi connectivity index (χ4v) is 4.13. The SMILES string of the molecule is CCOC(=O)c1cc(CC)sc1NC(=O)CN1CCc2ccccc2C1. The molecule has 6 heteroatoms. The molecule has 0 saturated heterocycles. The summed E-state index contributed by atoms with van der Waals surface area (Å²) in [5, 5.41) is 3.50. The van der Waals surface area contributed by atoms with Crippen LogP contribution in [-0.4, -0.2) is 36.5 Å². The minimum absolute atomic E-state index is 0.0977. The molecular weight excluding hydrogens is 348 g/mol. The summed E-state index contributed by atoms with van der Waals surface area (Å²) in [4.78, 5) is 27.8. The molecule has 2 aromatic rings. The van der Waals surface area contributed by atoms with Gasteiger partial charge in [-0.1, -0.05) is 31.2 Å². The van der Waals surface area contributed by atoms with Crippen LogP contribution in [0.2, 0.25) is 0 Å². The highest BCUT2D eigenvalue weighted by atomic mass is 32.1. The van der Waals surface area contributed by atoms with Crippen LogP contribution in [0.15, 0.2) is 30.3 Å². The second-order valence-corrected chi connectivity index (χ2v) is 7.44. The van der Waals surface area contributed by atoms with Gasteiger partial charge in [0.2, 0.25) is 5.91 Å². The van der Waals surface area contributed by atoms with E-state index >= 15 is 0 Å². The average molecular weight is 372 g/mol. The summed E-state index contributed by atoms with van der Waals surface area (Å²) in [7, 11) is 0. The molecule has 0 saturated carbocycles. The fourth-order valence-electron chi connectivity index (χ4n) is 3.13. The molecule has 0 unspecified atom stereocenters. The van der Waals surface area contributed by atoms with Gasteiger partial charge in [-0.05, 0) is 37.0 Å². The van der Waals surface area contributed by atoms with Crippen LogP contribution in [0.4, 0.5) is 5.00 Å². The number of carbonyl (C=O) groups is 2. The first-order chi connectivity index (χ1) is 12.6. The zero-order valence-electron chi connectivity index (χ0n) is 15.2. The van der Waals surface area contributed by atoms with Gasteiger partial charge in [0.05, 0.1) is 18.7 Å². The number of hydrogen-bond acceptors (Lipinski definition) is 5. The second kappa shape index (κ2) is 8.47. The van der Waals surface area contributed by atoms with Crippen LogP contribution in [0, 0.1) is 0 Å². The van der Waals surface area contributed by atoms with E-state index in [-0.39, 0.29) is 11.9 Å². The van der Waals surface area contributed by atoms with Crippen molar-refractivity contribution in [2.24, 2.45) is 0 Å². The van der Waals surface area contributed by atoms with E-state index < -0.39 is 0 Å². The Morgan fingerprint density at radius 1 is 1.23 bits per heavy atom. The summed E-state index contributed by atoms with van der Waals surface area (Å²) in [6.07, 6.45) is 1.77. The maximum atomic E-state index is 12.5. The van der Waals surface area contributed by atoms with E-state index in [1.54, 1.807) is 6.92 Å². The normalized spacial score (nSPS) is 13.9. The first kappa shape index (κ1) is 18.6. The van der Waals surface area contributed by atoms with Crippen molar-refractivity contribution in [1.82, 2.24) is 4.90 Å². The van der Waals surface area contributed by atoms with Gasteiger partial charge in [-0.2, -0.15) is 0 Å². The van der Waals surface area contributed by atoms with Gasteiger partial charge in [0.15, 0.2) is 0 Å². The molecule has 0 aliphatic carbocycles. The third kappa shape index (κ3) is 4.31. The van der Waals surface area contributed by atoms with E-state index in [1.165, 1.54) is 22.5 Å². The number of anilines is 1. The molecule has 3 rings (SSSR count). The predicted molar refractivity (Wildman–Crippen MR) is 104 cm³/mol. The highest BCUT2D eigenvalue weighted by Crippen LogP contribution is 2.29. The van der Waals surface area contributed by atoms with Crippen molar-refractivity contribution in [2.75, 3.05) is 25.0 Å². The third-order valence-corrected chi connectivity index (χ3v) is 5.65. The summed E-state index contributed by atoms with van der Waals surface area (Å²) < 4.78 is 5.10. The molecule has 138 valence electrons. The van der Waals surface area contributed by atoms with Crippen LogP contribution in [0.1, 0.15) is 40.2 Å². The Morgan fingerprint density at radius 2 is 2.00 bits per heavy atom. The third-order valence-electron chi connectivity index (χ3n) is 4.46. The van der Waals surface area contributed by atoms with Gasteiger partial charge in [0, 0.05) is 18.0 Å². The van der Waals surface area contributed by atoms with E-state index in [4.69, 9.17) is 4.74 Å². The standard InChI is InChI=1S/C20H24N2O3S/c1-3-16-11-17(20(24)25-4-2)19(26-16)21-18(23)13-22-10-9-14-7-5-6-8-15(14)12-22/h5-8,11H,3-4,9-10,12-13H2,1-2H3,(H,21,23). The smallest absolute Gasteiger partial charge is 0.341 e. The van der Waals surface area contributed by atoms with E-state index in [0.29, 0.717) is 23.7 Å². The first-order valence-electron chi connectivity index (χ1n) is 8.99. The Hall–Kier alpha value is -2.18. The van der Waals surface area contributed by atoms with Gasteiger partial charge in [0.1, 0.15) is 5.00 Å². The number of aryl methyl sites for hydroxylation is 1. The lowest BCUT2D eigenvalue weighted by Gasteiger charge is -2.28. The summed E-state index contributed by atoms with van der Waals surface area (Å²) in [5.41, 5.74) is 3.09. The Kier molecular flexibility index (Phi) is 6.06. The van der Waals surface area contributed by atoms with Crippen LogP contribution < -0.4 is 5.32 Å². The van der Waals surface area contributed by atoms with Crippen LogP contribution in [0.5, 0.6) is 0 Å². The summed E-state index contributed by atoms with van der Waals surface area (Å²) in [5.74, 6) is -0.481. The van der Waals surface area contributed by atoms with Crippen LogP contribution in [-0.2, 0) is 28.9 Å². The number of ether oxygens (including phenoxy) is 1. The molecule has 1 amide bonds. The van der Waals surface area contributed by atoms with E-state index in [2.05, 4.69) is 28.4 Å². The van der Waals surface area contributed by atoms with Gasteiger partial charge >= 0.3 is 5.97 Å². The highest BCUT2D eigenvalue weighted by Gasteiger charge is 2.21. The van der Waals surface area contributed by atoms with Crippen molar-refractivity contribution in [3.8, 4) is 0 Å². The number of nitrogens with one attached hydrogen (secondary N) is 1. The Labute approximate surface area is 158 Å². The maximum Gasteiger partial charge on any atom is 0.341 e. The average Bonchev–Trinajstić information content (AvgIpc) is 3.04. The van der Waals surface area contributed by atoms with Gasteiger partial charge in [-0.25, -0.2) is 4.79 Å². The number of hydrogen-bond donors (Lipinski definition) is 1. The molecule has 1 N–H and O–H groups in total. The molecule has 1 aromatic heterocycles. The second-order valence-electron chi connectivity index (χ2n) is 6.31. The zero-order valence-corrected chi connectivity index (χ0v) is 16.0. The zero-order chi connectivity index (χ0) is 18.5. The van der Waals surface area contributed by atoms with Crippen molar-refractivity contribution in [2.45, 2.75) is 33.2 Å². The molecule has 2 heterocycles. The summed E-state index contributed by atoms with van der Waals surface area (Å²) >= 11 is 1.44. The number of fused-ring (bicyclic) bond motifs is 1. The number of nitrogens with zero attached hydrogens (tertiary/aromatic N) is 1. The van der Waals surface area contributed by atoms with Crippen LogP contribution >= 0.6 is 11.3 Å². The molecule has 0 radical (unpaired) electrons. The van der Waals surface area contributed by atoms with Gasteiger partial charge in [-0.3, -0.25) is 9.69 Å². The van der Waals surface area contributed by atoms with E-state index in [9.17, 15) is 9.59 Å². The molecule has 1 aromatic carbocycles. The maximum absolute atomic E-state index is 12.5. The van der Waals surface area contributed by atoms with E-state index in [1.807, 2.05) is 19.1 Å². The summed E-state index contributed by atoms with van der Waals surface area (Å²) in [6, 6.07) is 10.2. The lowest BCUT2D eigenvalue weighted by molar-refractivity contribution is -0.117. The predicted octanol–water partition coefficient (Wildman–Crippen LogP) is 3.48. The molecule has 1 aliphatic heterocycles. The molecule has 5 nitrogen and oxygen atoms in total. The number of amides is 1. The van der Waals surface area contributed by atoms with Crippen molar-refractivity contribution >= 4 is 28.2 Å². The number of rotatable bonds is 6. The number of esters is 1. The van der Waals surface area contributed by atoms with Crippen molar-refractivity contribution in [3.63, 3.8) is 0 Å². The Bertz CT molecular complexity index is 800. The monoisotopic (exact) mass is 372 g/mol. The number of carbonyl (C=O) groups excluding carboxylic acids is 2. The molecule has 0 spiro atoms. The Morgan fingerprint density at radius 3 is 2.73 bits per heavy atom. The number of thiophene rings is 1. The van der Waals surface area contributed by atoms with Gasteiger partial charge in [-0.15, -0.1) is 11.3 Å². The minimum Gasteiger partial charge on any atom is -0.462 e. The first-order valence-corrected chi connectivity index (χ1v) is 9.81. The lowest BCUT2D eigenvalue weighted by Crippen LogP contribution is -2.37. The highest BCUT2D eigenvalue weighted by molar-refractivity contribution is 7.16. The molecule has 0 fully saturated rings. The number of benzene rings is 1. The van der Waals surface area contributed by atoms with Crippen molar-refractivity contribution in [3.05, 3.63) is 51.9 Å². The van der Waals surface area contributed by atoms with Crippen LogP contribution in [0.25, 0.3) is 0 Å². The Balaban J connectivity index is 1.65. The fraction of sp³-hybridized carbons (Fsp3) is 0.400. The molecule has 0 atom stereocenters. The summed E-state index contributed by atoms with van der Waals surface area (Å²) in [6.45, 7) is 6.07. The van der Waals surface area contributed by atoms with Crippen molar-refractivity contribution in [1.29, 1.82) is 0 Å².